The molecule has 4 nitrogen and oxygen atoms in total. The predicted octanol–water partition coefficient (Wildman–Crippen LogP) is 4.48. The number of benzene rings is 1. The highest BCUT2D eigenvalue weighted by atomic mass is 14.9. The van der Waals surface area contributed by atoms with Gasteiger partial charge in [0.25, 0.3) is 0 Å². The fourth-order valence-electron chi connectivity index (χ4n) is 1.79. The quantitative estimate of drug-likeness (QED) is 0.635. The van der Waals surface area contributed by atoms with Gasteiger partial charge in [0.2, 0.25) is 0 Å². The maximum Gasteiger partial charge on any atom is 0.104 e. The Morgan fingerprint density at radius 2 is 1.60 bits per heavy atom. The Bertz CT molecular complexity index is 633. The minimum Gasteiger partial charge on any atom is -0.346 e. The van der Waals surface area contributed by atoms with E-state index in [1.165, 1.54) is 5.56 Å². The first-order valence-corrected chi connectivity index (χ1v) is 5.96. The number of rotatable bonds is 0. The van der Waals surface area contributed by atoms with Gasteiger partial charge in [-0.15, -0.1) is 0 Å². The molecule has 0 radical (unpaired) electrons. The summed E-state index contributed by atoms with van der Waals surface area (Å²) in [6.45, 7) is 7.97. The van der Waals surface area contributed by atoms with Crippen LogP contribution in [0.4, 0.5) is 0 Å². The third-order valence-corrected chi connectivity index (χ3v) is 2.59. The second-order valence-electron chi connectivity index (χ2n) is 4.49. The van der Waals surface area contributed by atoms with Crippen molar-refractivity contribution in [2.24, 2.45) is 0 Å². The first-order valence-electron chi connectivity index (χ1n) is 5.96. The number of aromatic nitrogens is 4. The van der Waals surface area contributed by atoms with Crippen molar-refractivity contribution in [1.82, 2.24) is 19.9 Å². The van der Waals surface area contributed by atoms with Crippen LogP contribution >= 0.6 is 0 Å². The largest absolute Gasteiger partial charge is 0.346 e. The van der Waals surface area contributed by atoms with Crippen LogP contribution in [0.1, 0.15) is 37.8 Å². The van der Waals surface area contributed by atoms with Crippen LogP contribution in [0.15, 0.2) is 24.4 Å². The van der Waals surface area contributed by atoms with Gasteiger partial charge >= 0.3 is 0 Å². The van der Waals surface area contributed by atoms with E-state index in [4.69, 9.17) is 0 Å². The molecule has 0 aliphatic heterocycles. The molecule has 0 spiro atoms. The summed E-state index contributed by atoms with van der Waals surface area (Å²) in [5, 5.41) is 0. The van der Waals surface area contributed by atoms with Crippen molar-refractivity contribution in [2.45, 2.75) is 42.5 Å². The van der Waals surface area contributed by atoms with Gasteiger partial charge in [-0.25, -0.2) is 9.97 Å². The van der Waals surface area contributed by atoms with Crippen LogP contribution in [0.5, 0.6) is 0 Å². The Morgan fingerprint density at radius 3 is 2.10 bits per heavy atom. The molecule has 2 aromatic heterocycles. The second-order valence-corrected chi connectivity index (χ2v) is 4.49. The highest BCUT2D eigenvalue weighted by molar-refractivity contribution is 5.75. The zero-order chi connectivity index (χ0) is 13.1. The molecule has 2 N–H and O–H groups in total. The lowest BCUT2D eigenvalue weighted by Crippen LogP contribution is -1.71. The molecule has 0 unspecified atom stereocenters. The summed E-state index contributed by atoms with van der Waals surface area (Å²) in [7, 11) is 0. The highest BCUT2D eigenvalue weighted by Crippen LogP contribution is 2.12. The number of nitrogens with zero attached hydrogens (tertiary/aromatic N) is 2. The zero-order valence-electron chi connectivity index (χ0n) is 11.2. The van der Waals surface area contributed by atoms with Crippen molar-refractivity contribution < 1.29 is 0 Å². The monoisotopic (exact) mass is 274 g/mol. The lowest BCUT2D eigenvalue weighted by atomic mass is 10.2. The molecule has 0 amide bonds. The number of hydrogen-bond acceptors (Lipinski definition) is 2. The first-order chi connectivity index (χ1) is 8.54. The van der Waals surface area contributed by atoms with Gasteiger partial charge < -0.3 is 9.97 Å². The average molecular weight is 274 g/mol. The number of hydrogen-bond donors (Lipinski definition) is 2. The molecule has 0 aliphatic rings. The minimum absolute atomic E-state index is 0. The number of imidazole rings is 2. The van der Waals surface area contributed by atoms with E-state index >= 15 is 0 Å². The summed E-state index contributed by atoms with van der Waals surface area (Å²) < 4.78 is 0. The molecule has 2 heterocycles. The maximum absolute atomic E-state index is 4.30. The van der Waals surface area contributed by atoms with Crippen molar-refractivity contribution in [1.29, 1.82) is 0 Å². The van der Waals surface area contributed by atoms with E-state index in [1.807, 2.05) is 33.0 Å². The molecule has 3 aromatic rings. The third-order valence-electron chi connectivity index (χ3n) is 2.59. The number of H-pyrrole nitrogens is 2. The van der Waals surface area contributed by atoms with Crippen molar-refractivity contribution in [3.63, 3.8) is 0 Å². The highest BCUT2D eigenvalue weighted by Gasteiger charge is 1.96. The normalized spacial score (nSPS) is 9.20. The van der Waals surface area contributed by atoms with Crippen molar-refractivity contribution in [3.8, 4) is 0 Å². The molecule has 3 rings (SSSR count). The molecule has 0 fully saturated rings. The van der Waals surface area contributed by atoms with Crippen LogP contribution in [-0.2, 0) is 0 Å². The zero-order valence-corrected chi connectivity index (χ0v) is 11.2. The minimum atomic E-state index is 0. The molecule has 0 atom stereocenters. The van der Waals surface area contributed by atoms with E-state index in [1.54, 1.807) is 0 Å². The van der Waals surface area contributed by atoms with Gasteiger partial charge in [-0.1, -0.05) is 20.9 Å². The lowest BCUT2D eigenvalue weighted by molar-refractivity contribution is 1.13. The molecule has 4 heteroatoms. The van der Waals surface area contributed by atoms with E-state index in [0.29, 0.717) is 0 Å². The SMILES string of the molecule is C.C.Cc1ccc2nc(C)[nH]c2c1.Cc1cnc(C)[nH]1. The fraction of sp³-hybridized carbons (Fsp3) is 0.375. The summed E-state index contributed by atoms with van der Waals surface area (Å²) in [6, 6.07) is 6.21. The molecular weight excluding hydrogens is 248 g/mol. The molecule has 0 bridgehead atoms. The van der Waals surface area contributed by atoms with Gasteiger partial charge in [-0.2, -0.15) is 0 Å². The summed E-state index contributed by atoms with van der Waals surface area (Å²) in [5.74, 6) is 1.96. The number of aryl methyl sites for hydroxylation is 4. The van der Waals surface area contributed by atoms with E-state index < -0.39 is 0 Å². The molecule has 1 aromatic carbocycles. The second kappa shape index (κ2) is 7.48. The van der Waals surface area contributed by atoms with E-state index in [-0.39, 0.29) is 14.9 Å². The molecule has 0 aliphatic carbocycles. The van der Waals surface area contributed by atoms with Gasteiger partial charge in [-0.3, -0.25) is 0 Å². The number of fused-ring (bicyclic) bond motifs is 1. The van der Waals surface area contributed by atoms with Crippen LogP contribution in [-0.4, -0.2) is 19.9 Å². The molecule has 0 saturated carbocycles. The summed E-state index contributed by atoms with van der Waals surface area (Å²) in [5.41, 5.74) is 4.56. The third kappa shape index (κ3) is 4.53. The fourth-order valence-corrected chi connectivity index (χ4v) is 1.79. The smallest absolute Gasteiger partial charge is 0.104 e. The Morgan fingerprint density at radius 1 is 0.900 bits per heavy atom. The molecule has 110 valence electrons. The van der Waals surface area contributed by atoms with E-state index in [9.17, 15) is 0 Å². The average Bonchev–Trinajstić information content (AvgIpc) is 2.83. The standard InChI is InChI=1S/C9H10N2.C5H8N2.2CH4/c1-6-3-4-8-9(5-6)11-7(2)10-8;1-4-3-6-5(2)7-4;;/h3-5H,1-2H3,(H,10,11);3H,1-2H3,(H,6,7);2*1H4. The van der Waals surface area contributed by atoms with Gasteiger partial charge in [0.05, 0.1) is 11.0 Å². The Kier molecular flexibility index (Phi) is 6.69. The van der Waals surface area contributed by atoms with Crippen molar-refractivity contribution in [2.75, 3.05) is 0 Å². The van der Waals surface area contributed by atoms with Crippen LogP contribution in [0, 0.1) is 27.7 Å². The van der Waals surface area contributed by atoms with E-state index in [2.05, 4.69) is 39.0 Å². The Labute approximate surface area is 121 Å². The summed E-state index contributed by atoms with van der Waals surface area (Å²) >= 11 is 0. The van der Waals surface area contributed by atoms with Gasteiger partial charge in [0.1, 0.15) is 11.6 Å². The molecule has 20 heavy (non-hydrogen) atoms. The van der Waals surface area contributed by atoms with Crippen LogP contribution in [0.3, 0.4) is 0 Å². The van der Waals surface area contributed by atoms with Gasteiger partial charge in [-0.05, 0) is 45.4 Å². The maximum atomic E-state index is 4.30. The predicted molar refractivity (Wildman–Crippen MR) is 87.1 cm³/mol. The Hall–Kier alpha value is -2.10. The van der Waals surface area contributed by atoms with Crippen molar-refractivity contribution >= 4 is 11.0 Å². The number of nitrogens with one attached hydrogen (secondary N) is 2. The summed E-state index contributed by atoms with van der Waals surface area (Å²) in [4.78, 5) is 14.5. The van der Waals surface area contributed by atoms with E-state index in [0.717, 1.165) is 28.4 Å². The van der Waals surface area contributed by atoms with Gasteiger partial charge in [0, 0.05) is 11.9 Å². The molecule has 0 saturated heterocycles. The summed E-state index contributed by atoms with van der Waals surface area (Å²) in [6.07, 6.45) is 1.81. The van der Waals surface area contributed by atoms with Gasteiger partial charge in [0.15, 0.2) is 0 Å². The van der Waals surface area contributed by atoms with Crippen molar-refractivity contribution in [3.05, 3.63) is 47.3 Å². The topological polar surface area (TPSA) is 57.4 Å². The molecular formula is C16H26N4. The van der Waals surface area contributed by atoms with Crippen LogP contribution in [0.25, 0.3) is 11.0 Å². The van der Waals surface area contributed by atoms with Crippen LogP contribution in [0.2, 0.25) is 0 Å². The van der Waals surface area contributed by atoms with Crippen LogP contribution < -0.4 is 0 Å². The number of aromatic amines is 2. The Balaban J connectivity index is 0.000000356. The lowest BCUT2D eigenvalue weighted by Gasteiger charge is -1.89. The first kappa shape index (κ1) is 17.9.